The predicted molar refractivity (Wildman–Crippen MR) is 64.3 cm³/mol. The molecule has 0 N–H and O–H groups in total. The van der Waals surface area contributed by atoms with E-state index in [0.717, 1.165) is 6.07 Å². The van der Waals surface area contributed by atoms with Gasteiger partial charge >= 0.3 is 6.18 Å². The number of nitrogens with zero attached hydrogens (tertiary/aromatic N) is 3. The van der Waals surface area contributed by atoms with Gasteiger partial charge in [-0.15, -0.1) is 0 Å². The minimum Gasteiger partial charge on any atom is -0.264 e. The normalized spacial score (nSPS) is 11.8. The summed E-state index contributed by atoms with van der Waals surface area (Å²) in [7, 11) is -2.91. The third-order valence-corrected chi connectivity index (χ3v) is 2.83. The highest BCUT2D eigenvalue weighted by molar-refractivity contribution is 7.71. The van der Waals surface area contributed by atoms with Crippen LogP contribution >= 0.6 is 0 Å². The minimum atomic E-state index is -4.68. The highest BCUT2D eigenvalue weighted by Gasteiger charge is 2.33. The maximum Gasteiger partial charge on any atom is 0.433 e. The molecule has 106 valence electrons. The van der Waals surface area contributed by atoms with Crippen LogP contribution in [-0.4, -0.2) is 23.4 Å². The minimum absolute atomic E-state index is 0.0210. The second-order valence-corrected chi connectivity index (χ2v) is 4.77. The first kappa shape index (κ1) is 14.4. The average Bonchev–Trinajstić information content (AvgIpc) is 2.37. The van der Waals surface area contributed by atoms with Crippen LogP contribution in [0, 0.1) is 0 Å². The van der Waals surface area contributed by atoms with Crippen LogP contribution in [0.2, 0.25) is 0 Å². The molecule has 0 aliphatic carbocycles. The Balaban J connectivity index is 2.57. The molecule has 0 atom stereocenters. The third kappa shape index (κ3) is 3.50. The first-order valence-electron chi connectivity index (χ1n) is 5.33. The van der Waals surface area contributed by atoms with Gasteiger partial charge in [-0.25, -0.2) is 18.4 Å². The van der Waals surface area contributed by atoms with Gasteiger partial charge in [-0.1, -0.05) is 0 Å². The summed E-state index contributed by atoms with van der Waals surface area (Å²) in [6.07, 6.45) is -1.88. The fraction of sp³-hybridized carbons (Fsp3) is 0.182. The highest BCUT2D eigenvalue weighted by Crippen LogP contribution is 2.30. The van der Waals surface area contributed by atoms with E-state index in [0.29, 0.717) is 5.56 Å². The lowest BCUT2D eigenvalue weighted by molar-refractivity contribution is -0.141. The van der Waals surface area contributed by atoms with Gasteiger partial charge in [0.15, 0.2) is 0 Å². The van der Waals surface area contributed by atoms with Gasteiger partial charge < -0.3 is 0 Å². The first-order chi connectivity index (χ1) is 9.36. The van der Waals surface area contributed by atoms with Crippen molar-refractivity contribution in [1.82, 2.24) is 15.0 Å². The van der Waals surface area contributed by atoms with Crippen LogP contribution < -0.4 is 0 Å². The summed E-state index contributed by atoms with van der Waals surface area (Å²) < 4.78 is 59.5. The Morgan fingerprint density at radius 1 is 1.20 bits per heavy atom. The molecule has 0 spiro atoms. The molecule has 2 aromatic heterocycles. The van der Waals surface area contributed by atoms with E-state index in [2.05, 4.69) is 15.0 Å². The van der Waals surface area contributed by atoms with E-state index in [-0.39, 0.29) is 5.69 Å². The van der Waals surface area contributed by atoms with Crippen LogP contribution in [-0.2, 0) is 22.6 Å². The number of thiol groups is 1. The molecule has 2 aromatic rings. The number of hydrogen-bond acceptors (Lipinski definition) is 5. The molecule has 0 amide bonds. The number of hydrogen-bond donors (Lipinski definition) is 1. The molecule has 20 heavy (non-hydrogen) atoms. The molecule has 0 aliphatic heterocycles. The van der Waals surface area contributed by atoms with Gasteiger partial charge in [-0.2, -0.15) is 13.2 Å². The largest absolute Gasteiger partial charge is 0.433 e. The number of rotatable bonds is 3. The van der Waals surface area contributed by atoms with Gasteiger partial charge in [-0.05, 0) is 18.2 Å². The van der Waals surface area contributed by atoms with Crippen molar-refractivity contribution in [2.24, 2.45) is 0 Å². The molecular formula is C11H8F3N3O2S. The molecule has 0 aromatic carbocycles. The summed E-state index contributed by atoms with van der Waals surface area (Å²) in [6, 6.07) is 3.83. The molecule has 0 aliphatic rings. The SMILES string of the molecule is O=[SH](=O)Cc1nc(-c2cccnc2)cc(C(F)(F)F)n1. The lowest BCUT2D eigenvalue weighted by atomic mass is 10.2. The van der Waals surface area contributed by atoms with Gasteiger partial charge in [0, 0.05) is 18.0 Å². The van der Waals surface area contributed by atoms with E-state index in [1.165, 1.54) is 18.5 Å². The van der Waals surface area contributed by atoms with Crippen molar-refractivity contribution in [3.05, 3.63) is 42.1 Å². The first-order valence-corrected chi connectivity index (χ1v) is 6.70. The van der Waals surface area contributed by atoms with Crippen molar-refractivity contribution >= 4 is 10.7 Å². The van der Waals surface area contributed by atoms with Crippen LogP contribution in [0.1, 0.15) is 11.5 Å². The highest BCUT2D eigenvalue weighted by atomic mass is 32.2. The summed E-state index contributed by atoms with van der Waals surface area (Å²) in [6.45, 7) is 0. The van der Waals surface area contributed by atoms with Gasteiger partial charge in [0.1, 0.15) is 28.0 Å². The third-order valence-electron chi connectivity index (χ3n) is 2.29. The van der Waals surface area contributed by atoms with Crippen molar-refractivity contribution in [3.63, 3.8) is 0 Å². The van der Waals surface area contributed by atoms with Gasteiger partial charge in [0.05, 0.1) is 5.69 Å². The van der Waals surface area contributed by atoms with E-state index in [1.807, 2.05) is 0 Å². The molecule has 0 saturated carbocycles. The molecule has 0 saturated heterocycles. The maximum atomic E-state index is 12.7. The Bertz CT molecular complexity index is 679. The van der Waals surface area contributed by atoms with Crippen molar-refractivity contribution < 1.29 is 21.6 Å². The van der Waals surface area contributed by atoms with Crippen molar-refractivity contribution in [2.75, 3.05) is 0 Å². The van der Waals surface area contributed by atoms with Crippen LogP contribution in [0.3, 0.4) is 0 Å². The van der Waals surface area contributed by atoms with E-state index in [1.54, 1.807) is 6.07 Å². The Morgan fingerprint density at radius 3 is 2.50 bits per heavy atom. The van der Waals surface area contributed by atoms with Crippen LogP contribution in [0.15, 0.2) is 30.6 Å². The van der Waals surface area contributed by atoms with Gasteiger partial charge in [0.2, 0.25) is 0 Å². The topological polar surface area (TPSA) is 72.8 Å². The Labute approximate surface area is 113 Å². The molecule has 0 unspecified atom stereocenters. The predicted octanol–water partition coefficient (Wildman–Crippen LogP) is 1.67. The van der Waals surface area contributed by atoms with E-state index >= 15 is 0 Å². The Kier molecular flexibility index (Phi) is 3.98. The molecule has 2 heterocycles. The smallest absolute Gasteiger partial charge is 0.264 e. The molecule has 2 rings (SSSR count). The molecule has 0 radical (unpaired) electrons. The van der Waals surface area contributed by atoms with Crippen LogP contribution in [0.25, 0.3) is 11.3 Å². The lowest BCUT2D eigenvalue weighted by Crippen LogP contribution is -2.12. The van der Waals surface area contributed by atoms with Crippen LogP contribution in [0.4, 0.5) is 13.2 Å². The quantitative estimate of drug-likeness (QED) is 0.873. The maximum absolute atomic E-state index is 12.7. The molecular weight excluding hydrogens is 295 g/mol. The average molecular weight is 303 g/mol. The van der Waals surface area contributed by atoms with Gasteiger partial charge in [-0.3, -0.25) is 4.98 Å². The van der Waals surface area contributed by atoms with Crippen LogP contribution in [0.5, 0.6) is 0 Å². The summed E-state index contributed by atoms with van der Waals surface area (Å²) >= 11 is 0. The summed E-state index contributed by atoms with van der Waals surface area (Å²) in [5, 5.41) is 0. The standard InChI is InChI=1S/C11H8F3N3O2S/c12-11(13,14)9-4-8(7-2-1-3-15-5-7)16-10(17-9)6-20(18)19/h1-5,20H,6H2. The summed E-state index contributed by atoms with van der Waals surface area (Å²) in [5.74, 6) is -1.04. The zero-order chi connectivity index (χ0) is 14.8. The van der Waals surface area contributed by atoms with Crippen molar-refractivity contribution in [3.8, 4) is 11.3 Å². The monoisotopic (exact) mass is 303 g/mol. The second kappa shape index (κ2) is 5.53. The summed E-state index contributed by atoms with van der Waals surface area (Å²) in [4.78, 5) is 10.8. The number of aromatic nitrogens is 3. The number of alkyl halides is 3. The fourth-order valence-corrected chi connectivity index (χ4v) is 1.86. The van der Waals surface area contributed by atoms with E-state index in [4.69, 9.17) is 0 Å². The molecule has 0 bridgehead atoms. The molecule has 9 heteroatoms. The lowest BCUT2D eigenvalue weighted by Gasteiger charge is -2.09. The molecule has 0 fully saturated rings. The number of pyridine rings is 1. The summed E-state index contributed by atoms with van der Waals surface area (Å²) in [5.41, 5.74) is -0.853. The Hall–Kier alpha value is -2.03. The van der Waals surface area contributed by atoms with E-state index in [9.17, 15) is 21.6 Å². The zero-order valence-corrected chi connectivity index (χ0v) is 10.7. The Morgan fingerprint density at radius 2 is 1.95 bits per heavy atom. The van der Waals surface area contributed by atoms with Crippen molar-refractivity contribution in [1.29, 1.82) is 0 Å². The number of halogens is 3. The zero-order valence-electron chi connectivity index (χ0n) is 9.83. The fourth-order valence-electron chi connectivity index (χ4n) is 1.49. The van der Waals surface area contributed by atoms with Gasteiger partial charge in [0.25, 0.3) is 0 Å². The van der Waals surface area contributed by atoms with E-state index < -0.39 is 34.2 Å². The second-order valence-electron chi connectivity index (χ2n) is 3.78. The van der Waals surface area contributed by atoms with Crippen molar-refractivity contribution in [2.45, 2.75) is 11.9 Å². The molecule has 5 nitrogen and oxygen atoms in total.